The molecule has 1 saturated heterocycles. The SMILES string of the molecule is CC(C)CCSc1nnc2c(S(=O)(=O)N3CCN(c4ccc(F)cc4)CC3)cccn12. The average Bonchev–Trinajstić information content (AvgIpc) is 3.17. The molecular weight excluding hydrogens is 437 g/mol. The molecule has 0 unspecified atom stereocenters. The lowest BCUT2D eigenvalue weighted by molar-refractivity contribution is 0.385. The molecule has 1 fully saturated rings. The summed E-state index contributed by atoms with van der Waals surface area (Å²) in [7, 11) is -3.71. The number of piperazine rings is 1. The zero-order valence-corrected chi connectivity index (χ0v) is 19.2. The van der Waals surface area contributed by atoms with Gasteiger partial charge < -0.3 is 4.90 Å². The van der Waals surface area contributed by atoms with Gasteiger partial charge in [0.25, 0.3) is 0 Å². The molecule has 2 aromatic heterocycles. The van der Waals surface area contributed by atoms with Crippen LogP contribution in [0, 0.1) is 11.7 Å². The van der Waals surface area contributed by atoms with E-state index in [4.69, 9.17) is 0 Å². The molecule has 3 heterocycles. The van der Waals surface area contributed by atoms with Gasteiger partial charge in [-0.15, -0.1) is 10.2 Å². The van der Waals surface area contributed by atoms with E-state index < -0.39 is 10.0 Å². The molecule has 1 aliphatic heterocycles. The van der Waals surface area contributed by atoms with Crippen LogP contribution in [0.25, 0.3) is 5.65 Å². The number of sulfonamides is 1. The van der Waals surface area contributed by atoms with Crippen molar-refractivity contribution in [2.75, 3.05) is 36.8 Å². The van der Waals surface area contributed by atoms with Crippen molar-refractivity contribution in [1.82, 2.24) is 18.9 Å². The fourth-order valence-corrected chi connectivity index (χ4v) is 6.23. The molecule has 0 bridgehead atoms. The highest BCUT2D eigenvalue weighted by Gasteiger charge is 2.31. The van der Waals surface area contributed by atoms with Crippen molar-refractivity contribution < 1.29 is 12.8 Å². The summed E-state index contributed by atoms with van der Waals surface area (Å²) in [6, 6.07) is 9.59. The number of halogens is 1. The third-order valence-corrected chi connectivity index (χ3v) is 8.24. The first kappa shape index (κ1) is 22.0. The van der Waals surface area contributed by atoms with Crippen LogP contribution in [0.3, 0.4) is 0 Å². The number of rotatable bonds is 7. The minimum atomic E-state index is -3.71. The topological polar surface area (TPSA) is 70.8 Å². The van der Waals surface area contributed by atoms with E-state index in [1.165, 1.54) is 16.4 Å². The number of pyridine rings is 1. The smallest absolute Gasteiger partial charge is 0.246 e. The molecule has 0 aliphatic carbocycles. The van der Waals surface area contributed by atoms with Crippen molar-refractivity contribution >= 4 is 33.1 Å². The maximum absolute atomic E-state index is 13.4. The molecule has 0 atom stereocenters. The summed E-state index contributed by atoms with van der Waals surface area (Å²) < 4.78 is 43.2. The van der Waals surface area contributed by atoms with E-state index in [-0.39, 0.29) is 10.7 Å². The Balaban J connectivity index is 1.51. The van der Waals surface area contributed by atoms with Gasteiger partial charge in [0.1, 0.15) is 10.7 Å². The van der Waals surface area contributed by atoms with Gasteiger partial charge in [0.2, 0.25) is 10.0 Å². The van der Waals surface area contributed by atoms with Gasteiger partial charge in [0.15, 0.2) is 10.8 Å². The number of aromatic nitrogens is 3. The Hall–Kier alpha value is -2.17. The van der Waals surface area contributed by atoms with Crippen LogP contribution in [0.5, 0.6) is 0 Å². The van der Waals surface area contributed by atoms with Crippen LogP contribution < -0.4 is 4.90 Å². The first-order valence-electron chi connectivity index (χ1n) is 10.3. The van der Waals surface area contributed by atoms with E-state index >= 15 is 0 Å². The fraction of sp³-hybridized carbons (Fsp3) is 0.429. The number of fused-ring (bicyclic) bond motifs is 1. The first-order chi connectivity index (χ1) is 14.9. The van der Waals surface area contributed by atoms with Crippen molar-refractivity contribution in [3.8, 4) is 0 Å². The summed E-state index contributed by atoms with van der Waals surface area (Å²) in [4.78, 5) is 2.24. The Morgan fingerprint density at radius 1 is 1.06 bits per heavy atom. The minimum Gasteiger partial charge on any atom is -0.369 e. The predicted molar refractivity (Wildman–Crippen MR) is 121 cm³/mol. The van der Waals surface area contributed by atoms with Gasteiger partial charge in [-0.25, -0.2) is 12.8 Å². The summed E-state index contributed by atoms with van der Waals surface area (Å²) >= 11 is 1.59. The van der Waals surface area contributed by atoms with Gasteiger partial charge >= 0.3 is 0 Å². The Morgan fingerprint density at radius 3 is 2.45 bits per heavy atom. The third-order valence-electron chi connectivity index (χ3n) is 5.34. The number of hydrogen-bond donors (Lipinski definition) is 0. The lowest BCUT2D eigenvalue weighted by Gasteiger charge is -2.35. The highest BCUT2D eigenvalue weighted by molar-refractivity contribution is 7.99. The van der Waals surface area contributed by atoms with E-state index in [1.807, 2.05) is 0 Å². The Morgan fingerprint density at radius 2 is 1.77 bits per heavy atom. The van der Waals surface area contributed by atoms with Crippen LogP contribution in [0.1, 0.15) is 20.3 Å². The molecule has 31 heavy (non-hydrogen) atoms. The number of thioether (sulfide) groups is 1. The quantitative estimate of drug-likeness (QED) is 0.500. The Kier molecular flexibility index (Phi) is 6.49. The van der Waals surface area contributed by atoms with Crippen molar-refractivity contribution in [3.05, 3.63) is 48.4 Å². The lowest BCUT2D eigenvalue weighted by atomic mass is 10.2. The lowest BCUT2D eigenvalue weighted by Crippen LogP contribution is -2.48. The Labute approximate surface area is 186 Å². The highest BCUT2D eigenvalue weighted by atomic mass is 32.2. The zero-order valence-electron chi connectivity index (χ0n) is 17.6. The molecular formula is C21H26FN5O2S2. The van der Waals surface area contributed by atoms with Gasteiger partial charge in [0, 0.05) is 43.8 Å². The average molecular weight is 464 g/mol. The van der Waals surface area contributed by atoms with Gasteiger partial charge in [-0.05, 0) is 48.7 Å². The van der Waals surface area contributed by atoms with Crippen molar-refractivity contribution in [2.45, 2.75) is 30.3 Å². The van der Waals surface area contributed by atoms with Crippen molar-refractivity contribution in [2.24, 2.45) is 5.92 Å². The summed E-state index contributed by atoms with van der Waals surface area (Å²) in [5.74, 6) is 1.21. The predicted octanol–water partition coefficient (Wildman–Crippen LogP) is 3.52. The molecule has 0 radical (unpaired) electrons. The highest BCUT2D eigenvalue weighted by Crippen LogP contribution is 2.26. The maximum atomic E-state index is 13.4. The van der Waals surface area contributed by atoms with E-state index in [9.17, 15) is 12.8 Å². The molecule has 0 N–H and O–H groups in total. The zero-order chi connectivity index (χ0) is 22.0. The summed E-state index contributed by atoms with van der Waals surface area (Å²) in [6.07, 6.45) is 2.86. The third kappa shape index (κ3) is 4.70. The van der Waals surface area contributed by atoms with Gasteiger partial charge in [-0.3, -0.25) is 4.40 Å². The monoisotopic (exact) mass is 463 g/mol. The maximum Gasteiger partial charge on any atom is 0.246 e. The second-order valence-electron chi connectivity index (χ2n) is 7.95. The molecule has 0 amide bonds. The number of benzene rings is 1. The molecule has 166 valence electrons. The minimum absolute atomic E-state index is 0.174. The molecule has 1 aliphatic rings. The second-order valence-corrected chi connectivity index (χ2v) is 10.9. The van der Waals surface area contributed by atoms with E-state index in [0.29, 0.717) is 42.9 Å². The first-order valence-corrected chi connectivity index (χ1v) is 12.8. The van der Waals surface area contributed by atoms with Crippen LogP contribution in [0.4, 0.5) is 10.1 Å². The summed E-state index contributed by atoms with van der Waals surface area (Å²) in [6.45, 7) is 6.12. The molecule has 10 heteroatoms. The molecule has 0 saturated carbocycles. The van der Waals surface area contributed by atoms with Gasteiger partial charge in [0.05, 0.1) is 0 Å². The van der Waals surface area contributed by atoms with Crippen LogP contribution in [0.15, 0.2) is 52.6 Å². The van der Waals surface area contributed by atoms with Crippen LogP contribution >= 0.6 is 11.8 Å². The van der Waals surface area contributed by atoms with Crippen molar-refractivity contribution in [1.29, 1.82) is 0 Å². The fourth-order valence-electron chi connectivity index (χ4n) is 3.53. The largest absolute Gasteiger partial charge is 0.369 e. The number of anilines is 1. The van der Waals surface area contributed by atoms with Crippen LogP contribution in [-0.2, 0) is 10.0 Å². The number of nitrogens with zero attached hydrogens (tertiary/aromatic N) is 5. The van der Waals surface area contributed by atoms with Gasteiger partial charge in [-0.2, -0.15) is 4.31 Å². The molecule has 0 spiro atoms. The number of hydrogen-bond acceptors (Lipinski definition) is 6. The van der Waals surface area contributed by atoms with E-state index in [1.54, 1.807) is 46.6 Å². The van der Waals surface area contributed by atoms with Gasteiger partial charge in [-0.1, -0.05) is 25.6 Å². The molecule has 1 aromatic carbocycles. The molecule has 4 rings (SSSR count). The Bertz CT molecular complexity index is 1140. The van der Waals surface area contributed by atoms with Crippen LogP contribution in [0.2, 0.25) is 0 Å². The second kappa shape index (κ2) is 9.13. The summed E-state index contributed by atoms with van der Waals surface area (Å²) in [5.41, 5.74) is 1.25. The summed E-state index contributed by atoms with van der Waals surface area (Å²) in [5, 5.41) is 9.12. The van der Waals surface area contributed by atoms with E-state index in [0.717, 1.165) is 17.9 Å². The normalized spacial score (nSPS) is 15.8. The standard InChI is InChI=1S/C21H26FN5O2S2/c1-16(2)9-15-30-21-24-23-20-19(4-3-10-27(20)21)31(28,29)26-13-11-25(12-14-26)18-7-5-17(22)6-8-18/h3-8,10,16H,9,11-15H2,1-2H3. The molecule has 3 aromatic rings. The van der Waals surface area contributed by atoms with Crippen molar-refractivity contribution in [3.63, 3.8) is 0 Å². The molecule has 7 nitrogen and oxygen atoms in total. The van der Waals surface area contributed by atoms with Crippen LogP contribution in [-0.4, -0.2) is 59.3 Å². The van der Waals surface area contributed by atoms with E-state index in [2.05, 4.69) is 28.9 Å².